The number of thiazole rings is 1. The van der Waals surface area contributed by atoms with Gasteiger partial charge in [0.15, 0.2) is 0 Å². The van der Waals surface area contributed by atoms with Gasteiger partial charge >= 0.3 is 0 Å². The maximum absolute atomic E-state index is 12.6. The Morgan fingerprint density at radius 2 is 2.04 bits per heavy atom. The Morgan fingerprint density at radius 1 is 1.38 bits per heavy atom. The van der Waals surface area contributed by atoms with E-state index in [2.05, 4.69) is 15.7 Å². The molecule has 1 amide bonds. The average Bonchev–Trinajstić information content (AvgIpc) is 3.27. The third-order valence-corrected chi connectivity index (χ3v) is 6.24. The van der Waals surface area contributed by atoms with Gasteiger partial charge in [-0.2, -0.15) is 0 Å². The van der Waals surface area contributed by atoms with Crippen LogP contribution in [0.4, 0.5) is 0 Å². The van der Waals surface area contributed by atoms with Gasteiger partial charge in [0.05, 0.1) is 6.04 Å². The summed E-state index contributed by atoms with van der Waals surface area (Å²) in [6.07, 6.45) is 8.88. The molecule has 1 atom stereocenters. The molecule has 0 aromatic carbocycles. The van der Waals surface area contributed by atoms with Crippen molar-refractivity contribution >= 4 is 42.1 Å². The first kappa shape index (κ1) is 21.7. The Morgan fingerprint density at radius 3 is 2.54 bits per heavy atom. The Balaban J connectivity index is 0.00000144. The van der Waals surface area contributed by atoms with Crippen LogP contribution in [0.3, 0.4) is 0 Å². The molecule has 1 aromatic heterocycles. The number of nitrogens with two attached hydrogens (primary N) is 1. The van der Waals surface area contributed by atoms with E-state index >= 15 is 0 Å². The molecule has 1 heterocycles. The first-order valence-electron chi connectivity index (χ1n) is 8.53. The zero-order valence-electron chi connectivity index (χ0n) is 14.3. The summed E-state index contributed by atoms with van der Waals surface area (Å²) >= 11 is 1.67. The molecule has 1 aromatic rings. The quantitative estimate of drug-likeness (QED) is 0.761. The lowest BCUT2D eigenvalue weighted by Gasteiger charge is -2.36. The summed E-state index contributed by atoms with van der Waals surface area (Å²) in [7, 11) is 0. The van der Waals surface area contributed by atoms with Gasteiger partial charge in [0.25, 0.3) is 0 Å². The summed E-state index contributed by atoms with van der Waals surface area (Å²) in [5.74, 6) is 0.742. The maximum atomic E-state index is 12.6. The summed E-state index contributed by atoms with van der Waals surface area (Å²) < 4.78 is 0. The van der Waals surface area contributed by atoms with Crippen LogP contribution in [0.1, 0.15) is 68.1 Å². The number of hydrogen-bond acceptors (Lipinski definition) is 4. The number of carbonyl (C=O) groups excluding carboxylic acids is 1. The van der Waals surface area contributed by atoms with Gasteiger partial charge in [0.1, 0.15) is 5.01 Å². The minimum absolute atomic E-state index is 0. The Kier molecular flexibility index (Phi) is 8.46. The molecule has 2 aliphatic rings. The molecule has 2 fully saturated rings. The SMILES string of the molecule is Cc1csc(C(NC(=O)CC2(CN)CCCCC2)C2CC2)n1.Cl.Cl. The van der Waals surface area contributed by atoms with E-state index in [1.807, 2.05) is 6.92 Å². The van der Waals surface area contributed by atoms with E-state index in [9.17, 15) is 4.79 Å². The number of aryl methyl sites for hydroxylation is 1. The highest BCUT2D eigenvalue weighted by atomic mass is 35.5. The Hall–Kier alpha value is -0.360. The second kappa shape index (κ2) is 9.37. The largest absolute Gasteiger partial charge is 0.347 e. The molecule has 0 spiro atoms. The van der Waals surface area contributed by atoms with Crippen LogP contribution in [0.15, 0.2) is 5.38 Å². The summed E-state index contributed by atoms with van der Waals surface area (Å²) in [5, 5.41) is 6.41. The number of amides is 1. The standard InChI is InChI=1S/C17H27N3OS.2ClH/c1-12-10-22-16(19-12)15(13-5-6-13)20-14(21)9-17(11-18)7-3-2-4-8-17;;/h10,13,15H,2-9,11,18H2,1H3,(H,20,21);2*1H. The van der Waals surface area contributed by atoms with Crippen LogP contribution < -0.4 is 11.1 Å². The van der Waals surface area contributed by atoms with Crippen LogP contribution in [0.2, 0.25) is 0 Å². The van der Waals surface area contributed by atoms with Gasteiger partial charge in [0.2, 0.25) is 5.91 Å². The Labute approximate surface area is 161 Å². The van der Waals surface area contributed by atoms with Crippen molar-refractivity contribution in [2.24, 2.45) is 17.1 Å². The molecule has 1 unspecified atom stereocenters. The number of rotatable bonds is 6. The van der Waals surface area contributed by atoms with Crippen molar-refractivity contribution in [1.82, 2.24) is 10.3 Å². The molecule has 4 nitrogen and oxygen atoms in total. The van der Waals surface area contributed by atoms with E-state index in [0.717, 1.165) is 23.5 Å². The van der Waals surface area contributed by atoms with Crippen molar-refractivity contribution in [3.05, 3.63) is 16.1 Å². The average molecular weight is 394 g/mol. The van der Waals surface area contributed by atoms with Crippen molar-refractivity contribution in [2.75, 3.05) is 6.54 Å². The van der Waals surface area contributed by atoms with Crippen LogP contribution in [-0.2, 0) is 4.79 Å². The highest BCUT2D eigenvalue weighted by Gasteiger charge is 2.38. The number of nitrogens with zero attached hydrogens (tertiary/aromatic N) is 1. The molecule has 0 saturated heterocycles. The molecule has 2 aliphatic carbocycles. The van der Waals surface area contributed by atoms with Crippen molar-refractivity contribution in [3.63, 3.8) is 0 Å². The van der Waals surface area contributed by atoms with E-state index in [4.69, 9.17) is 5.73 Å². The first-order chi connectivity index (χ1) is 10.6. The lowest BCUT2D eigenvalue weighted by atomic mass is 9.71. The molecule has 138 valence electrons. The van der Waals surface area contributed by atoms with E-state index < -0.39 is 0 Å². The van der Waals surface area contributed by atoms with Crippen LogP contribution in [0.25, 0.3) is 0 Å². The Bertz CT molecular complexity index is 528. The summed E-state index contributed by atoms with van der Waals surface area (Å²) in [6, 6.07) is 0.115. The molecule has 0 bridgehead atoms. The second-order valence-corrected chi connectivity index (χ2v) is 8.04. The van der Waals surface area contributed by atoms with Gasteiger partial charge in [-0.25, -0.2) is 4.98 Å². The zero-order chi connectivity index (χ0) is 15.6. The molecular weight excluding hydrogens is 365 g/mol. The fourth-order valence-corrected chi connectivity index (χ4v) is 4.58. The number of hydrogen-bond donors (Lipinski definition) is 2. The third-order valence-electron chi connectivity index (χ3n) is 5.20. The van der Waals surface area contributed by atoms with Crippen LogP contribution in [0, 0.1) is 18.3 Å². The maximum Gasteiger partial charge on any atom is 0.221 e. The van der Waals surface area contributed by atoms with Gasteiger partial charge in [0, 0.05) is 17.5 Å². The highest BCUT2D eigenvalue weighted by Crippen LogP contribution is 2.43. The molecule has 0 aliphatic heterocycles. The fraction of sp³-hybridized carbons (Fsp3) is 0.765. The van der Waals surface area contributed by atoms with E-state index in [0.29, 0.717) is 18.9 Å². The third kappa shape index (κ3) is 5.32. The smallest absolute Gasteiger partial charge is 0.221 e. The molecule has 24 heavy (non-hydrogen) atoms. The topological polar surface area (TPSA) is 68.0 Å². The number of nitrogens with one attached hydrogen (secondary N) is 1. The molecule has 3 rings (SSSR count). The summed E-state index contributed by atoms with van der Waals surface area (Å²) in [5.41, 5.74) is 7.10. The summed E-state index contributed by atoms with van der Waals surface area (Å²) in [6.45, 7) is 2.64. The lowest BCUT2D eigenvalue weighted by Crippen LogP contribution is -2.40. The van der Waals surface area contributed by atoms with Gasteiger partial charge < -0.3 is 11.1 Å². The van der Waals surface area contributed by atoms with Gasteiger partial charge in [-0.15, -0.1) is 36.2 Å². The fourth-order valence-electron chi connectivity index (χ4n) is 3.65. The first-order valence-corrected chi connectivity index (χ1v) is 9.41. The number of aromatic nitrogens is 1. The predicted molar refractivity (Wildman–Crippen MR) is 104 cm³/mol. The van der Waals surface area contributed by atoms with Crippen LogP contribution >= 0.6 is 36.2 Å². The van der Waals surface area contributed by atoms with Crippen molar-refractivity contribution in [2.45, 2.75) is 64.3 Å². The molecule has 7 heteroatoms. The van der Waals surface area contributed by atoms with Crippen molar-refractivity contribution in [3.8, 4) is 0 Å². The monoisotopic (exact) mass is 393 g/mol. The molecular formula is C17H29Cl2N3OS. The van der Waals surface area contributed by atoms with Gasteiger partial charge in [-0.1, -0.05) is 19.3 Å². The zero-order valence-corrected chi connectivity index (χ0v) is 16.7. The minimum atomic E-state index is 0. The van der Waals surface area contributed by atoms with E-state index in [1.54, 1.807) is 11.3 Å². The van der Waals surface area contributed by atoms with E-state index in [-0.39, 0.29) is 42.2 Å². The molecule has 0 radical (unpaired) electrons. The highest BCUT2D eigenvalue weighted by molar-refractivity contribution is 7.09. The van der Waals surface area contributed by atoms with Crippen molar-refractivity contribution < 1.29 is 4.79 Å². The predicted octanol–water partition coefficient (Wildman–Crippen LogP) is 4.16. The summed E-state index contributed by atoms with van der Waals surface area (Å²) in [4.78, 5) is 17.2. The van der Waals surface area contributed by atoms with Crippen molar-refractivity contribution in [1.29, 1.82) is 0 Å². The minimum Gasteiger partial charge on any atom is -0.347 e. The second-order valence-electron chi connectivity index (χ2n) is 7.15. The van der Waals surface area contributed by atoms with Crippen LogP contribution in [-0.4, -0.2) is 17.4 Å². The molecule has 2 saturated carbocycles. The lowest BCUT2D eigenvalue weighted by molar-refractivity contribution is -0.124. The molecule has 3 N–H and O–H groups in total. The number of halogens is 2. The normalized spacial score (nSPS) is 20.4. The van der Waals surface area contributed by atoms with Gasteiger partial charge in [-0.05, 0) is 50.5 Å². The van der Waals surface area contributed by atoms with Crippen LogP contribution in [0.5, 0.6) is 0 Å². The van der Waals surface area contributed by atoms with E-state index in [1.165, 1.54) is 32.1 Å². The number of carbonyl (C=O) groups is 1. The van der Waals surface area contributed by atoms with Gasteiger partial charge in [-0.3, -0.25) is 4.79 Å².